The highest BCUT2D eigenvalue weighted by Crippen LogP contribution is 2.15. The summed E-state index contributed by atoms with van der Waals surface area (Å²) >= 11 is 0. The normalized spacial score (nSPS) is 21.1. The largest absolute Gasteiger partial charge is 0.465 e. The lowest BCUT2D eigenvalue weighted by Gasteiger charge is -2.05. The predicted octanol–water partition coefficient (Wildman–Crippen LogP) is -1.02. The molecule has 86 valence electrons. The van der Waals surface area contributed by atoms with Crippen LogP contribution in [0.2, 0.25) is 0 Å². The van der Waals surface area contributed by atoms with Gasteiger partial charge in [-0.25, -0.2) is 0 Å². The molecule has 0 radical (unpaired) electrons. The molecule has 15 heavy (non-hydrogen) atoms. The van der Waals surface area contributed by atoms with E-state index in [1.54, 1.807) is 0 Å². The summed E-state index contributed by atoms with van der Waals surface area (Å²) in [5.74, 6) is -3.13. The second-order valence-electron chi connectivity index (χ2n) is 2.96. The predicted molar refractivity (Wildman–Crippen MR) is 46.4 cm³/mol. The monoisotopic (exact) mass is 238 g/mol. The number of rotatable bonds is 4. The highest BCUT2D eigenvalue weighted by atomic mass is 32.2. The first-order valence-electron chi connectivity index (χ1n) is 4.18. The highest BCUT2D eigenvalue weighted by molar-refractivity contribution is 7.85. The van der Waals surface area contributed by atoms with Crippen molar-refractivity contribution in [3.8, 4) is 0 Å². The molecule has 1 rings (SSSR count). The van der Waals surface area contributed by atoms with Crippen LogP contribution in [-0.2, 0) is 29.2 Å². The first kappa shape index (κ1) is 11.9. The van der Waals surface area contributed by atoms with Crippen molar-refractivity contribution >= 4 is 22.1 Å². The molecular weight excluding hydrogens is 228 g/mol. The van der Waals surface area contributed by atoms with E-state index in [4.69, 9.17) is 4.55 Å². The average Bonchev–Trinajstić information content (AvgIpc) is 2.48. The Balaban J connectivity index is 2.33. The number of carbonyl (C=O) groups excluding carboxylic acids is 2. The number of esters is 2. The van der Waals surface area contributed by atoms with Crippen LogP contribution in [-0.4, -0.2) is 43.9 Å². The molecule has 0 saturated carbocycles. The van der Waals surface area contributed by atoms with Crippen LogP contribution in [0.1, 0.15) is 6.42 Å². The molecule has 1 aliphatic heterocycles. The third kappa shape index (κ3) is 3.84. The molecule has 8 heteroatoms. The summed E-state index contributed by atoms with van der Waals surface area (Å²) in [6, 6.07) is 0. The molecule has 1 heterocycles. The molecule has 0 spiro atoms. The van der Waals surface area contributed by atoms with Crippen LogP contribution >= 0.6 is 0 Å². The maximum atomic E-state index is 11.1. The summed E-state index contributed by atoms with van der Waals surface area (Å²) < 4.78 is 37.9. The standard InChI is InChI=1S/C7H10O7S/c8-6-5(1-2-13-6)7(9)14-3-4-15(10,11)12/h5H,1-4H2,(H,10,11,12). The lowest BCUT2D eigenvalue weighted by Crippen LogP contribution is -2.24. The van der Waals surface area contributed by atoms with Gasteiger partial charge in [0.1, 0.15) is 12.4 Å². The van der Waals surface area contributed by atoms with Gasteiger partial charge in [0.15, 0.2) is 5.92 Å². The van der Waals surface area contributed by atoms with Gasteiger partial charge >= 0.3 is 11.9 Å². The van der Waals surface area contributed by atoms with Crippen LogP contribution in [0, 0.1) is 5.92 Å². The zero-order chi connectivity index (χ0) is 11.5. The van der Waals surface area contributed by atoms with Gasteiger partial charge in [-0.2, -0.15) is 8.42 Å². The summed E-state index contributed by atoms with van der Waals surface area (Å²) in [6.07, 6.45) is 0.240. The van der Waals surface area contributed by atoms with Gasteiger partial charge in [0.25, 0.3) is 10.1 Å². The summed E-state index contributed by atoms with van der Waals surface area (Å²) in [5.41, 5.74) is 0. The second-order valence-corrected chi connectivity index (χ2v) is 4.53. The lowest BCUT2D eigenvalue weighted by atomic mass is 10.1. The van der Waals surface area contributed by atoms with Crippen LogP contribution in [0.4, 0.5) is 0 Å². The molecule has 1 unspecified atom stereocenters. The number of hydrogen-bond donors (Lipinski definition) is 1. The summed E-state index contributed by atoms with van der Waals surface area (Å²) in [6.45, 7) is -0.307. The van der Waals surface area contributed by atoms with E-state index in [0.29, 0.717) is 0 Å². The first-order valence-corrected chi connectivity index (χ1v) is 5.79. The Hall–Kier alpha value is -1.15. The summed E-state index contributed by atoms with van der Waals surface area (Å²) in [7, 11) is -4.15. The molecule has 1 aliphatic rings. The average molecular weight is 238 g/mol. The fourth-order valence-corrected chi connectivity index (χ4v) is 1.35. The van der Waals surface area contributed by atoms with Crippen LogP contribution in [0.15, 0.2) is 0 Å². The van der Waals surface area contributed by atoms with Crippen molar-refractivity contribution in [2.45, 2.75) is 6.42 Å². The maximum absolute atomic E-state index is 11.1. The van der Waals surface area contributed by atoms with Gasteiger partial charge in [-0.05, 0) is 0 Å². The Morgan fingerprint density at radius 2 is 2.27 bits per heavy atom. The van der Waals surface area contributed by atoms with E-state index in [0.717, 1.165) is 0 Å². The molecule has 0 aromatic rings. The Kier molecular flexibility index (Phi) is 3.64. The molecule has 1 atom stereocenters. The fourth-order valence-electron chi connectivity index (χ4n) is 1.06. The van der Waals surface area contributed by atoms with Gasteiger partial charge in [-0.3, -0.25) is 14.1 Å². The fraction of sp³-hybridized carbons (Fsp3) is 0.714. The van der Waals surface area contributed by atoms with Crippen LogP contribution in [0.25, 0.3) is 0 Å². The third-order valence-electron chi connectivity index (χ3n) is 1.81. The number of cyclic esters (lactones) is 1. The Morgan fingerprint density at radius 3 is 2.73 bits per heavy atom. The topological polar surface area (TPSA) is 107 Å². The molecular formula is C7H10O7S. The van der Waals surface area contributed by atoms with Crippen molar-refractivity contribution in [2.24, 2.45) is 5.92 Å². The van der Waals surface area contributed by atoms with E-state index in [1.807, 2.05) is 0 Å². The van der Waals surface area contributed by atoms with Crippen molar-refractivity contribution in [3.05, 3.63) is 0 Å². The molecule has 0 aliphatic carbocycles. The van der Waals surface area contributed by atoms with Gasteiger partial charge in [0.2, 0.25) is 0 Å². The van der Waals surface area contributed by atoms with Crippen molar-refractivity contribution in [1.29, 1.82) is 0 Å². The van der Waals surface area contributed by atoms with Crippen molar-refractivity contribution < 1.29 is 32.0 Å². The van der Waals surface area contributed by atoms with E-state index in [1.165, 1.54) is 0 Å². The van der Waals surface area contributed by atoms with Gasteiger partial charge in [-0.1, -0.05) is 0 Å². The smallest absolute Gasteiger partial charge is 0.320 e. The Bertz CT molecular complexity index is 358. The molecule has 0 amide bonds. The second kappa shape index (κ2) is 4.58. The van der Waals surface area contributed by atoms with Gasteiger partial charge in [-0.15, -0.1) is 0 Å². The molecule has 0 bridgehead atoms. The summed E-state index contributed by atoms with van der Waals surface area (Å²) in [4.78, 5) is 22.0. The minimum atomic E-state index is -4.15. The van der Waals surface area contributed by atoms with Crippen LogP contribution < -0.4 is 0 Å². The zero-order valence-electron chi connectivity index (χ0n) is 7.71. The van der Waals surface area contributed by atoms with Crippen LogP contribution in [0.5, 0.6) is 0 Å². The zero-order valence-corrected chi connectivity index (χ0v) is 8.53. The van der Waals surface area contributed by atoms with Crippen LogP contribution in [0.3, 0.4) is 0 Å². The third-order valence-corrected chi connectivity index (χ3v) is 2.49. The molecule has 0 aromatic carbocycles. The van der Waals surface area contributed by atoms with E-state index in [-0.39, 0.29) is 13.0 Å². The Morgan fingerprint density at radius 1 is 1.60 bits per heavy atom. The number of hydrogen-bond acceptors (Lipinski definition) is 6. The van der Waals surface area contributed by atoms with Gasteiger partial charge in [0, 0.05) is 6.42 Å². The summed E-state index contributed by atoms with van der Waals surface area (Å²) in [5, 5.41) is 0. The van der Waals surface area contributed by atoms with Crippen molar-refractivity contribution in [2.75, 3.05) is 19.0 Å². The molecule has 0 aromatic heterocycles. The minimum absolute atomic E-state index is 0.164. The molecule has 1 fully saturated rings. The molecule has 7 nitrogen and oxygen atoms in total. The molecule has 1 saturated heterocycles. The number of ether oxygens (including phenoxy) is 2. The van der Waals surface area contributed by atoms with E-state index in [9.17, 15) is 18.0 Å². The minimum Gasteiger partial charge on any atom is -0.465 e. The van der Waals surface area contributed by atoms with E-state index in [2.05, 4.69) is 9.47 Å². The first-order chi connectivity index (χ1) is 6.90. The number of carbonyl (C=O) groups is 2. The van der Waals surface area contributed by atoms with E-state index < -0.39 is 40.3 Å². The highest BCUT2D eigenvalue weighted by Gasteiger charge is 2.34. The van der Waals surface area contributed by atoms with Gasteiger partial charge < -0.3 is 9.47 Å². The molecule has 1 N–H and O–H groups in total. The maximum Gasteiger partial charge on any atom is 0.320 e. The van der Waals surface area contributed by atoms with Crippen molar-refractivity contribution in [3.63, 3.8) is 0 Å². The quantitative estimate of drug-likeness (QED) is 0.379. The van der Waals surface area contributed by atoms with Crippen molar-refractivity contribution in [1.82, 2.24) is 0 Å². The van der Waals surface area contributed by atoms with E-state index >= 15 is 0 Å². The van der Waals surface area contributed by atoms with Gasteiger partial charge in [0.05, 0.1) is 6.61 Å². The lowest BCUT2D eigenvalue weighted by molar-refractivity contribution is -0.155. The Labute approximate surface area is 86.1 Å². The SMILES string of the molecule is O=C1OCCC1C(=O)OCCS(=O)(=O)O.